The van der Waals surface area contributed by atoms with Gasteiger partial charge < -0.3 is 0 Å². The predicted octanol–water partition coefficient (Wildman–Crippen LogP) is 3.77. The first kappa shape index (κ1) is 17.3. The van der Waals surface area contributed by atoms with Crippen LogP contribution in [0, 0.1) is 23.1 Å². The molecule has 0 radical (unpaired) electrons. The van der Waals surface area contributed by atoms with Crippen LogP contribution < -0.4 is 5.56 Å². The number of hydrogen-bond donors (Lipinski definition) is 0. The van der Waals surface area contributed by atoms with Crippen LogP contribution in [0.4, 0.5) is 8.78 Å². The zero-order valence-corrected chi connectivity index (χ0v) is 15.0. The third kappa shape index (κ3) is 3.21. The van der Waals surface area contributed by atoms with Crippen molar-refractivity contribution >= 4 is 10.9 Å². The van der Waals surface area contributed by atoms with Gasteiger partial charge in [-0.2, -0.15) is 0 Å². The summed E-state index contributed by atoms with van der Waals surface area (Å²) in [5.41, 5.74) is 0.0820. The Balaban J connectivity index is 1.87. The average Bonchev–Trinajstić information content (AvgIpc) is 2.61. The van der Waals surface area contributed by atoms with Crippen LogP contribution in [0.25, 0.3) is 10.9 Å². The van der Waals surface area contributed by atoms with Crippen molar-refractivity contribution in [3.05, 3.63) is 69.8 Å². The second kappa shape index (κ2) is 6.27. The minimum atomic E-state index is -1.36. The lowest BCUT2D eigenvalue weighted by molar-refractivity contribution is 0.137. The van der Waals surface area contributed by atoms with Crippen molar-refractivity contribution in [2.45, 2.75) is 33.0 Å². The molecule has 6 heteroatoms. The van der Waals surface area contributed by atoms with Crippen LogP contribution in [0.2, 0.25) is 0 Å². The number of nitrogens with zero attached hydrogens (tertiary/aromatic N) is 3. The molecule has 4 rings (SSSR count). The summed E-state index contributed by atoms with van der Waals surface area (Å²) in [7, 11) is 0. The van der Waals surface area contributed by atoms with Gasteiger partial charge in [0.15, 0.2) is 6.17 Å². The van der Waals surface area contributed by atoms with Crippen molar-refractivity contribution in [2.24, 2.45) is 5.41 Å². The van der Waals surface area contributed by atoms with E-state index in [4.69, 9.17) is 0 Å². The maximum absolute atomic E-state index is 14.7. The van der Waals surface area contributed by atoms with E-state index >= 15 is 0 Å². The molecule has 0 N–H and O–H groups in total. The van der Waals surface area contributed by atoms with Crippen LogP contribution in [0.3, 0.4) is 0 Å². The van der Waals surface area contributed by atoms with E-state index in [1.807, 2.05) is 13.8 Å². The summed E-state index contributed by atoms with van der Waals surface area (Å²) in [5, 5.41) is -0.132. The van der Waals surface area contributed by atoms with Gasteiger partial charge in [-0.05, 0) is 42.0 Å². The molecule has 1 unspecified atom stereocenters. The van der Waals surface area contributed by atoms with Crippen LogP contribution in [-0.4, -0.2) is 14.5 Å². The number of pyridine rings is 1. The molecule has 0 fully saturated rings. The second-order valence-corrected chi connectivity index (χ2v) is 7.51. The van der Waals surface area contributed by atoms with Crippen molar-refractivity contribution in [3.63, 3.8) is 0 Å². The molecule has 0 bridgehead atoms. The summed E-state index contributed by atoms with van der Waals surface area (Å²) in [6.45, 7) is 4.07. The molecule has 4 nitrogen and oxygen atoms in total. The quantitative estimate of drug-likeness (QED) is 0.570. The van der Waals surface area contributed by atoms with Crippen molar-refractivity contribution < 1.29 is 8.78 Å². The fourth-order valence-corrected chi connectivity index (χ4v) is 3.42. The Morgan fingerprint density at radius 1 is 1.26 bits per heavy atom. The molecule has 1 aliphatic heterocycles. The highest BCUT2D eigenvalue weighted by Gasteiger charge is 2.35. The Morgan fingerprint density at radius 3 is 2.81 bits per heavy atom. The molecule has 1 aromatic carbocycles. The van der Waals surface area contributed by atoms with Crippen molar-refractivity contribution in [1.82, 2.24) is 14.5 Å². The van der Waals surface area contributed by atoms with Crippen LogP contribution in [0.15, 0.2) is 41.3 Å². The van der Waals surface area contributed by atoms with Gasteiger partial charge in [0.05, 0.1) is 5.52 Å². The summed E-state index contributed by atoms with van der Waals surface area (Å²) in [6.07, 6.45) is 0.520. The molecule has 1 atom stereocenters. The number of aromatic nitrogens is 3. The largest absolute Gasteiger partial charge is 0.293 e. The lowest BCUT2D eigenvalue weighted by Crippen LogP contribution is -2.38. The van der Waals surface area contributed by atoms with Gasteiger partial charge in [0.1, 0.15) is 22.7 Å². The maximum atomic E-state index is 14.7. The van der Waals surface area contributed by atoms with Crippen LogP contribution >= 0.6 is 0 Å². The van der Waals surface area contributed by atoms with Crippen molar-refractivity contribution in [1.29, 1.82) is 0 Å². The summed E-state index contributed by atoms with van der Waals surface area (Å²) in [6, 6.07) is 8.03. The van der Waals surface area contributed by atoms with Crippen LogP contribution in [0.5, 0.6) is 0 Å². The lowest BCUT2D eigenvalue weighted by atomic mass is 9.84. The van der Waals surface area contributed by atoms with Crippen molar-refractivity contribution in [3.8, 4) is 11.8 Å². The Labute approximate surface area is 154 Å². The molecular weight excluding hydrogens is 348 g/mol. The van der Waals surface area contributed by atoms with E-state index in [9.17, 15) is 13.6 Å². The smallest absolute Gasteiger partial charge is 0.264 e. The molecular formula is C21H17F2N3O. The maximum Gasteiger partial charge on any atom is 0.264 e. The van der Waals surface area contributed by atoms with E-state index in [0.29, 0.717) is 17.8 Å². The molecule has 0 aliphatic carbocycles. The van der Waals surface area contributed by atoms with Crippen LogP contribution in [0.1, 0.15) is 43.5 Å². The third-order valence-electron chi connectivity index (χ3n) is 4.64. The van der Waals surface area contributed by atoms with Gasteiger partial charge in [0.25, 0.3) is 5.56 Å². The van der Waals surface area contributed by atoms with E-state index in [1.165, 1.54) is 16.7 Å². The molecule has 27 heavy (non-hydrogen) atoms. The zero-order valence-electron chi connectivity index (χ0n) is 15.0. The number of fused-ring (bicyclic) bond motifs is 2. The van der Waals surface area contributed by atoms with Gasteiger partial charge in [0, 0.05) is 18.3 Å². The van der Waals surface area contributed by atoms with E-state index in [-0.39, 0.29) is 23.1 Å². The zero-order chi connectivity index (χ0) is 19.2. The minimum absolute atomic E-state index is 0.0565. The fourth-order valence-electron chi connectivity index (χ4n) is 3.42. The monoisotopic (exact) mass is 365 g/mol. The van der Waals surface area contributed by atoms with Gasteiger partial charge in [-0.1, -0.05) is 25.8 Å². The standard InChI is InChI=1S/C21H17F2N3O/c1-21(2)11-16(23)19-25-17-10-13(6-7-14-5-3-4-8-24-14)9-15(22)18(17)20(27)26(19)12-21/h3-5,8-10,16H,11-12H2,1-2H3. The predicted molar refractivity (Wildman–Crippen MR) is 98.4 cm³/mol. The third-order valence-corrected chi connectivity index (χ3v) is 4.64. The Kier molecular flexibility index (Phi) is 4.03. The molecule has 136 valence electrons. The van der Waals surface area contributed by atoms with E-state index in [1.54, 1.807) is 24.4 Å². The minimum Gasteiger partial charge on any atom is -0.293 e. The molecule has 0 saturated heterocycles. The summed E-state index contributed by atoms with van der Waals surface area (Å²) in [5.74, 6) is 5.01. The Bertz CT molecular complexity index is 1160. The van der Waals surface area contributed by atoms with Gasteiger partial charge in [-0.3, -0.25) is 9.36 Å². The first-order valence-corrected chi connectivity index (χ1v) is 8.65. The second-order valence-electron chi connectivity index (χ2n) is 7.51. The first-order chi connectivity index (χ1) is 12.8. The number of alkyl halides is 1. The molecule has 3 aromatic rings. The summed E-state index contributed by atoms with van der Waals surface area (Å²) in [4.78, 5) is 21.1. The molecule has 1 aliphatic rings. The molecule has 0 amide bonds. The average molecular weight is 365 g/mol. The molecule has 0 saturated carbocycles. The molecule has 0 spiro atoms. The number of rotatable bonds is 0. The number of hydrogen-bond acceptors (Lipinski definition) is 3. The number of benzene rings is 1. The Morgan fingerprint density at radius 2 is 2.07 bits per heavy atom. The topological polar surface area (TPSA) is 47.8 Å². The molecule has 2 aromatic heterocycles. The van der Waals surface area contributed by atoms with E-state index in [2.05, 4.69) is 21.8 Å². The van der Waals surface area contributed by atoms with E-state index in [0.717, 1.165) is 0 Å². The van der Waals surface area contributed by atoms with E-state index < -0.39 is 23.0 Å². The summed E-state index contributed by atoms with van der Waals surface area (Å²) >= 11 is 0. The lowest BCUT2D eigenvalue weighted by Gasteiger charge is -2.33. The normalized spacial score (nSPS) is 17.9. The van der Waals surface area contributed by atoms with Gasteiger partial charge in [0.2, 0.25) is 0 Å². The molecule has 3 heterocycles. The van der Waals surface area contributed by atoms with Gasteiger partial charge in [-0.15, -0.1) is 0 Å². The first-order valence-electron chi connectivity index (χ1n) is 8.65. The SMILES string of the molecule is CC1(C)CC(F)c2nc3cc(C#Cc4ccccn4)cc(F)c3c(=O)n2C1. The van der Waals surface area contributed by atoms with Crippen molar-refractivity contribution in [2.75, 3.05) is 0 Å². The fraction of sp³-hybridized carbons (Fsp3) is 0.286. The highest BCUT2D eigenvalue weighted by Crippen LogP contribution is 2.38. The van der Waals surface area contributed by atoms with Crippen LogP contribution in [-0.2, 0) is 6.54 Å². The van der Waals surface area contributed by atoms with Gasteiger partial charge >= 0.3 is 0 Å². The number of halogens is 2. The summed E-state index contributed by atoms with van der Waals surface area (Å²) < 4.78 is 30.5. The Hall–Kier alpha value is -3.07. The highest BCUT2D eigenvalue weighted by atomic mass is 19.1. The highest BCUT2D eigenvalue weighted by molar-refractivity contribution is 5.80. The van der Waals surface area contributed by atoms with Gasteiger partial charge in [-0.25, -0.2) is 18.7 Å².